The van der Waals surface area contributed by atoms with Crippen LogP contribution in [0.25, 0.3) is 0 Å². The van der Waals surface area contributed by atoms with Gasteiger partial charge in [0.05, 0.1) is 5.69 Å². The van der Waals surface area contributed by atoms with Crippen LogP contribution in [-0.2, 0) is 5.41 Å². The van der Waals surface area contributed by atoms with E-state index >= 15 is 0 Å². The third-order valence-corrected chi connectivity index (χ3v) is 5.40. The van der Waals surface area contributed by atoms with Crippen LogP contribution >= 0.6 is 43.6 Å². The minimum absolute atomic E-state index is 0.204. The Balaban J connectivity index is 3.03. The fraction of sp³-hybridized carbons (Fsp3) is 0.500. The molecule has 17 heavy (non-hydrogen) atoms. The standard InChI is InChI=1S/C10H12F3INPS/c1-6(17-2)7-3-4-8(15-5-7)9(11,16)10(12,13)14/h3-6H,16H2,1-2H3. The highest BCUT2D eigenvalue weighted by Gasteiger charge is 2.51. The van der Waals surface area contributed by atoms with Crippen molar-refractivity contribution in [2.45, 2.75) is 21.5 Å². The van der Waals surface area contributed by atoms with E-state index in [1.54, 1.807) is 17.8 Å². The first kappa shape index (κ1) is 15.5. The van der Waals surface area contributed by atoms with Crippen molar-refractivity contribution in [1.29, 1.82) is 0 Å². The zero-order chi connectivity index (χ0) is 13.3. The minimum Gasteiger partial charge on any atom is -0.257 e. The van der Waals surface area contributed by atoms with Crippen LogP contribution in [0.5, 0.6) is 0 Å². The number of rotatable bonds is 4. The van der Waals surface area contributed by atoms with E-state index in [2.05, 4.69) is 4.98 Å². The summed E-state index contributed by atoms with van der Waals surface area (Å²) in [5.41, 5.74) is 0.609. The highest BCUT2D eigenvalue weighted by molar-refractivity contribution is 14.1. The van der Waals surface area contributed by atoms with Crippen LogP contribution in [0.2, 0.25) is 0 Å². The summed E-state index contributed by atoms with van der Waals surface area (Å²) in [5, 5.41) is -2.63. The van der Waals surface area contributed by atoms with Crippen molar-refractivity contribution in [3.8, 4) is 0 Å². The maximum Gasteiger partial charge on any atom is 0.338 e. The Labute approximate surface area is 119 Å². The monoisotopic (exact) mass is 393 g/mol. The molecule has 1 rings (SSSR count). The average Bonchev–Trinajstić information content (AvgIpc) is 2.26. The Morgan fingerprint density at radius 1 is 1.41 bits per heavy atom. The molecule has 1 aromatic rings. The molecule has 1 heterocycles. The summed E-state index contributed by atoms with van der Waals surface area (Å²) in [7, 11) is 1.54. The molecule has 0 spiro atoms. The number of hydrogen-bond donors (Lipinski definition) is 0. The number of alkyl halides is 4. The Kier molecular flexibility index (Phi) is 5.12. The summed E-state index contributed by atoms with van der Waals surface area (Å²) in [6, 6.07) is 2.94. The summed E-state index contributed by atoms with van der Waals surface area (Å²) >= 11 is 2.39. The first-order valence-corrected chi connectivity index (χ1v) is 7.68. The molecule has 0 amide bonds. The van der Waals surface area contributed by atoms with Crippen molar-refractivity contribution in [2.75, 3.05) is 6.26 Å². The zero-order valence-electron chi connectivity index (χ0n) is 9.25. The van der Waals surface area contributed by atoms with Gasteiger partial charge >= 0.3 is 3.93 Å². The SMILES string of the molecule is CSC(C)c1ccc(C(F)(P)C(F)(F)I)nc1. The predicted octanol–water partition coefficient (Wildman–Crippen LogP) is 4.53. The Bertz CT molecular complexity index is 380. The minimum atomic E-state index is -3.52. The number of nitrogens with zero attached hydrogens (tertiary/aromatic N) is 1. The van der Waals surface area contributed by atoms with Crippen LogP contribution < -0.4 is 0 Å². The largest absolute Gasteiger partial charge is 0.338 e. The maximum absolute atomic E-state index is 13.9. The van der Waals surface area contributed by atoms with Gasteiger partial charge in [0, 0.05) is 34.0 Å². The molecule has 1 nitrogen and oxygen atoms in total. The van der Waals surface area contributed by atoms with Crippen molar-refractivity contribution in [1.82, 2.24) is 4.98 Å². The number of pyridine rings is 1. The van der Waals surface area contributed by atoms with E-state index in [1.165, 1.54) is 21.5 Å². The van der Waals surface area contributed by atoms with Crippen molar-refractivity contribution in [3.05, 3.63) is 29.6 Å². The van der Waals surface area contributed by atoms with Crippen molar-refractivity contribution in [2.24, 2.45) is 0 Å². The van der Waals surface area contributed by atoms with Crippen LogP contribution in [0.3, 0.4) is 0 Å². The molecule has 0 bridgehead atoms. The molecule has 1 aromatic heterocycles. The van der Waals surface area contributed by atoms with E-state index in [1.807, 2.05) is 13.2 Å². The lowest BCUT2D eigenvalue weighted by atomic mass is 10.1. The van der Waals surface area contributed by atoms with Gasteiger partial charge in [-0.2, -0.15) is 20.5 Å². The molecule has 0 aliphatic heterocycles. The molecule has 0 N–H and O–H groups in total. The maximum atomic E-state index is 13.9. The van der Waals surface area contributed by atoms with Gasteiger partial charge in [0.1, 0.15) is 0 Å². The van der Waals surface area contributed by atoms with Crippen LogP contribution in [0.15, 0.2) is 18.3 Å². The second-order valence-corrected chi connectivity index (χ2v) is 6.89. The van der Waals surface area contributed by atoms with Gasteiger partial charge in [-0.1, -0.05) is 15.3 Å². The zero-order valence-corrected chi connectivity index (χ0v) is 13.4. The molecule has 0 saturated heterocycles. The summed E-state index contributed by atoms with van der Waals surface area (Å²) < 4.78 is 36.5. The molecule has 0 fully saturated rings. The Morgan fingerprint density at radius 3 is 2.35 bits per heavy atom. The van der Waals surface area contributed by atoms with Gasteiger partial charge in [-0.15, -0.1) is 0 Å². The van der Waals surface area contributed by atoms with Crippen LogP contribution in [0.1, 0.15) is 23.4 Å². The molecular weight excluding hydrogens is 381 g/mol. The van der Waals surface area contributed by atoms with Crippen molar-refractivity contribution >= 4 is 43.6 Å². The molecule has 0 radical (unpaired) electrons. The predicted molar refractivity (Wildman–Crippen MR) is 77.6 cm³/mol. The van der Waals surface area contributed by atoms with E-state index in [0.717, 1.165) is 28.2 Å². The third-order valence-electron chi connectivity index (χ3n) is 2.39. The van der Waals surface area contributed by atoms with Gasteiger partial charge in [0.15, 0.2) is 0 Å². The number of thioether (sulfide) groups is 1. The fourth-order valence-corrected chi connectivity index (χ4v) is 2.00. The van der Waals surface area contributed by atoms with Gasteiger partial charge in [-0.05, 0) is 24.8 Å². The Hall–Kier alpha value is 0.450. The van der Waals surface area contributed by atoms with Crippen molar-refractivity contribution < 1.29 is 13.2 Å². The summed E-state index contributed by atoms with van der Waals surface area (Å²) in [5.74, 6) is 0. The number of aromatic nitrogens is 1. The second kappa shape index (κ2) is 5.61. The van der Waals surface area contributed by atoms with E-state index in [0.29, 0.717) is 0 Å². The first-order valence-electron chi connectivity index (χ1n) is 4.74. The molecule has 3 unspecified atom stereocenters. The highest BCUT2D eigenvalue weighted by atomic mass is 127. The van der Waals surface area contributed by atoms with E-state index in [9.17, 15) is 13.2 Å². The molecular formula is C10H12F3INPS. The van der Waals surface area contributed by atoms with E-state index in [-0.39, 0.29) is 10.9 Å². The first-order chi connectivity index (χ1) is 7.70. The summed E-state index contributed by atoms with van der Waals surface area (Å²) in [4.78, 5) is 3.79. The van der Waals surface area contributed by atoms with Crippen LogP contribution in [0, 0.1) is 0 Å². The number of halogens is 4. The lowest BCUT2D eigenvalue weighted by Crippen LogP contribution is -2.31. The molecule has 7 heteroatoms. The average molecular weight is 393 g/mol. The van der Waals surface area contributed by atoms with E-state index < -0.39 is 9.34 Å². The smallest absolute Gasteiger partial charge is 0.257 e. The van der Waals surface area contributed by atoms with Gasteiger partial charge < -0.3 is 0 Å². The van der Waals surface area contributed by atoms with Gasteiger partial charge in [0.25, 0.3) is 0 Å². The van der Waals surface area contributed by atoms with Crippen LogP contribution in [0.4, 0.5) is 13.2 Å². The highest BCUT2D eigenvalue weighted by Crippen LogP contribution is 2.50. The quantitative estimate of drug-likeness (QED) is 0.424. The lowest BCUT2D eigenvalue weighted by molar-refractivity contribution is 0.00466. The molecule has 96 valence electrons. The normalized spacial score (nSPS) is 17.6. The Morgan fingerprint density at radius 2 is 2.00 bits per heavy atom. The fourth-order valence-electron chi connectivity index (χ4n) is 1.14. The number of hydrogen-bond acceptors (Lipinski definition) is 2. The third kappa shape index (κ3) is 3.47. The molecule has 0 aliphatic rings. The van der Waals surface area contributed by atoms with Gasteiger partial charge in [-0.25, -0.2) is 4.39 Å². The lowest BCUT2D eigenvalue weighted by Gasteiger charge is -2.25. The molecule has 0 aliphatic carbocycles. The summed E-state index contributed by atoms with van der Waals surface area (Å²) in [6.45, 7) is 1.97. The van der Waals surface area contributed by atoms with Gasteiger partial charge in [0.2, 0.25) is 5.41 Å². The second-order valence-electron chi connectivity index (χ2n) is 3.56. The topological polar surface area (TPSA) is 12.9 Å². The molecule has 3 atom stereocenters. The van der Waals surface area contributed by atoms with E-state index in [4.69, 9.17) is 0 Å². The molecule has 0 aromatic carbocycles. The molecule has 0 saturated carbocycles. The van der Waals surface area contributed by atoms with Gasteiger partial charge in [-0.3, -0.25) is 4.98 Å². The van der Waals surface area contributed by atoms with Crippen molar-refractivity contribution in [3.63, 3.8) is 0 Å². The summed E-state index contributed by atoms with van der Waals surface area (Å²) in [6.07, 6.45) is 3.38. The van der Waals surface area contributed by atoms with Crippen LogP contribution in [-0.4, -0.2) is 15.2 Å².